The average Bonchev–Trinajstić information content (AvgIpc) is 3.44. The number of aromatic nitrogens is 2. The quantitative estimate of drug-likeness (QED) is 0.268. The summed E-state index contributed by atoms with van der Waals surface area (Å²) in [6.45, 7) is 0. The van der Waals surface area contributed by atoms with Gasteiger partial charge in [-0.3, -0.25) is 0 Å². The van der Waals surface area contributed by atoms with E-state index < -0.39 is 0 Å². The minimum atomic E-state index is 1.17. The van der Waals surface area contributed by atoms with Crippen molar-refractivity contribution in [3.63, 3.8) is 0 Å². The standard InChI is InChI=1S/C32H20N2/c1-3-9-23-20(7-1)13-16-28-31(23)26-19-22(15-17-27(26)33-28)34-29-12-6-5-11-25(29)32-24-10-4-2-8-21(24)14-18-30(32)34/h1-19,33H. The van der Waals surface area contributed by atoms with Crippen molar-refractivity contribution in [2.45, 2.75) is 0 Å². The number of rotatable bonds is 1. The Morgan fingerprint density at radius 3 is 1.91 bits per heavy atom. The van der Waals surface area contributed by atoms with Crippen LogP contribution in [0.4, 0.5) is 0 Å². The summed E-state index contributed by atoms with van der Waals surface area (Å²) < 4.78 is 2.42. The van der Waals surface area contributed by atoms with Gasteiger partial charge < -0.3 is 9.55 Å². The van der Waals surface area contributed by atoms with Crippen molar-refractivity contribution >= 4 is 65.2 Å². The van der Waals surface area contributed by atoms with Crippen molar-refractivity contribution in [1.29, 1.82) is 0 Å². The molecule has 0 amide bonds. The molecule has 0 atom stereocenters. The predicted molar refractivity (Wildman–Crippen MR) is 145 cm³/mol. The Kier molecular flexibility index (Phi) is 3.42. The van der Waals surface area contributed by atoms with Gasteiger partial charge in [-0.25, -0.2) is 0 Å². The lowest BCUT2D eigenvalue weighted by atomic mass is 10.0. The molecule has 0 unspecified atom stereocenters. The van der Waals surface area contributed by atoms with Crippen molar-refractivity contribution in [1.82, 2.24) is 9.55 Å². The zero-order valence-corrected chi connectivity index (χ0v) is 18.4. The molecule has 6 aromatic carbocycles. The van der Waals surface area contributed by atoms with Gasteiger partial charge >= 0.3 is 0 Å². The second kappa shape index (κ2) is 6.49. The van der Waals surface area contributed by atoms with Gasteiger partial charge in [0.05, 0.1) is 11.0 Å². The summed E-state index contributed by atoms with van der Waals surface area (Å²) >= 11 is 0. The van der Waals surface area contributed by atoms with E-state index in [4.69, 9.17) is 0 Å². The molecule has 158 valence electrons. The molecular formula is C32H20N2. The first-order valence-corrected chi connectivity index (χ1v) is 11.7. The molecule has 0 saturated heterocycles. The Morgan fingerprint density at radius 2 is 1.09 bits per heavy atom. The Hall–Kier alpha value is -4.56. The molecule has 8 aromatic rings. The maximum Gasteiger partial charge on any atom is 0.0547 e. The topological polar surface area (TPSA) is 20.7 Å². The van der Waals surface area contributed by atoms with Crippen molar-refractivity contribution in [3.05, 3.63) is 115 Å². The molecule has 0 bridgehead atoms. The summed E-state index contributed by atoms with van der Waals surface area (Å²) in [5.41, 5.74) is 6.00. The molecule has 0 aliphatic carbocycles. The SMILES string of the molecule is c1ccc2c(c1)ccc1[nH]c3ccc(-n4c5ccccc5c5c6ccccc6ccc54)cc3c12. The maximum absolute atomic E-state index is 3.63. The van der Waals surface area contributed by atoms with Crippen molar-refractivity contribution in [2.75, 3.05) is 0 Å². The molecule has 2 nitrogen and oxygen atoms in total. The second-order valence-electron chi connectivity index (χ2n) is 9.10. The van der Waals surface area contributed by atoms with Crippen LogP contribution in [0, 0.1) is 0 Å². The number of para-hydroxylation sites is 1. The number of fused-ring (bicyclic) bond motifs is 10. The molecule has 34 heavy (non-hydrogen) atoms. The van der Waals surface area contributed by atoms with Crippen LogP contribution in [0.25, 0.3) is 70.8 Å². The summed E-state index contributed by atoms with van der Waals surface area (Å²) in [5, 5.41) is 10.3. The summed E-state index contributed by atoms with van der Waals surface area (Å²) in [6.07, 6.45) is 0. The van der Waals surface area contributed by atoms with Gasteiger partial charge in [-0.15, -0.1) is 0 Å². The van der Waals surface area contributed by atoms with Crippen molar-refractivity contribution in [2.24, 2.45) is 0 Å². The van der Waals surface area contributed by atoms with E-state index in [1.54, 1.807) is 0 Å². The molecule has 0 fully saturated rings. The van der Waals surface area contributed by atoms with Crippen molar-refractivity contribution < 1.29 is 0 Å². The molecule has 8 rings (SSSR count). The fourth-order valence-electron chi connectivity index (χ4n) is 5.82. The molecule has 0 radical (unpaired) electrons. The van der Waals surface area contributed by atoms with E-state index in [0.29, 0.717) is 0 Å². The molecule has 0 spiro atoms. The predicted octanol–water partition coefficient (Wildman–Crippen LogP) is 8.72. The normalized spacial score (nSPS) is 12.1. The molecule has 0 saturated carbocycles. The highest BCUT2D eigenvalue weighted by Crippen LogP contribution is 2.38. The highest BCUT2D eigenvalue weighted by Gasteiger charge is 2.16. The Labute approximate surface area is 195 Å². The van der Waals surface area contributed by atoms with Gasteiger partial charge in [-0.05, 0) is 57.9 Å². The van der Waals surface area contributed by atoms with Crippen LogP contribution in [0.2, 0.25) is 0 Å². The van der Waals surface area contributed by atoms with Crippen LogP contribution in [0.1, 0.15) is 0 Å². The minimum Gasteiger partial charge on any atom is -0.354 e. The van der Waals surface area contributed by atoms with Gasteiger partial charge in [0.25, 0.3) is 0 Å². The van der Waals surface area contributed by atoms with Gasteiger partial charge in [0.1, 0.15) is 0 Å². The lowest BCUT2D eigenvalue weighted by Gasteiger charge is -2.09. The molecule has 0 aliphatic rings. The third kappa shape index (κ3) is 2.29. The lowest BCUT2D eigenvalue weighted by molar-refractivity contribution is 1.19. The lowest BCUT2D eigenvalue weighted by Crippen LogP contribution is -1.93. The highest BCUT2D eigenvalue weighted by atomic mass is 15.0. The summed E-state index contributed by atoms with van der Waals surface area (Å²) in [4.78, 5) is 3.63. The van der Waals surface area contributed by atoms with E-state index in [1.807, 2.05) is 0 Å². The van der Waals surface area contributed by atoms with Gasteiger partial charge in [0, 0.05) is 38.3 Å². The number of benzene rings is 6. The zero-order valence-electron chi connectivity index (χ0n) is 18.4. The summed E-state index contributed by atoms with van der Waals surface area (Å²) in [5.74, 6) is 0. The van der Waals surface area contributed by atoms with Crippen LogP contribution in [-0.2, 0) is 0 Å². The van der Waals surface area contributed by atoms with E-state index in [0.717, 1.165) is 0 Å². The number of hydrogen-bond acceptors (Lipinski definition) is 0. The number of H-pyrrole nitrogens is 1. The highest BCUT2D eigenvalue weighted by molar-refractivity contribution is 6.22. The first-order chi connectivity index (χ1) is 16.9. The van der Waals surface area contributed by atoms with Gasteiger partial charge in [0.15, 0.2) is 0 Å². The van der Waals surface area contributed by atoms with Crippen LogP contribution in [0.15, 0.2) is 115 Å². The van der Waals surface area contributed by atoms with Crippen LogP contribution in [0.5, 0.6) is 0 Å². The number of nitrogens with one attached hydrogen (secondary N) is 1. The molecule has 0 aliphatic heterocycles. The molecule has 2 heterocycles. The fourth-order valence-corrected chi connectivity index (χ4v) is 5.82. The number of aromatic amines is 1. The molecule has 1 N–H and O–H groups in total. The van der Waals surface area contributed by atoms with Gasteiger partial charge in [-0.1, -0.05) is 78.9 Å². The van der Waals surface area contributed by atoms with Crippen LogP contribution < -0.4 is 0 Å². The van der Waals surface area contributed by atoms with E-state index in [9.17, 15) is 0 Å². The zero-order chi connectivity index (χ0) is 22.2. The number of hydrogen-bond donors (Lipinski definition) is 1. The summed E-state index contributed by atoms with van der Waals surface area (Å²) in [7, 11) is 0. The van der Waals surface area contributed by atoms with Crippen LogP contribution >= 0.6 is 0 Å². The Morgan fingerprint density at radius 1 is 0.441 bits per heavy atom. The van der Waals surface area contributed by atoms with Crippen LogP contribution in [0.3, 0.4) is 0 Å². The minimum absolute atomic E-state index is 1.17. The van der Waals surface area contributed by atoms with E-state index in [2.05, 4.69) is 125 Å². The monoisotopic (exact) mass is 432 g/mol. The molecule has 2 heteroatoms. The Balaban J connectivity index is 1.53. The first-order valence-electron chi connectivity index (χ1n) is 11.7. The van der Waals surface area contributed by atoms with Crippen LogP contribution in [-0.4, -0.2) is 9.55 Å². The van der Waals surface area contributed by atoms with E-state index >= 15 is 0 Å². The largest absolute Gasteiger partial charge is 0.354 e. The molecule has 2 aromatic heterocycles. The van der Waals surface area contributed by atoms with Crippen molar-refractivity contribution in [3.8, 4) is 5.69 Å². The first kappa shape index (κ1) is 17.9. The maximum atomic E-state index is 3.63. The average molecular weight is 433 g/mol. The number of nitrogens with zero attached hydrogens (tertiary/aromatic N) is 1. The fraction of sp³-hybridized carbons (Fsp3) is 0. The van der Waals surface area contributed by atoms with Gasteiger partial charge in [-0.2, -0.15) is 0 Å². The third-order valence-corrected chi connectivity index (χ3v) is 7.29. The van der Waals surface area contributed by atoms with E-state index in [1.165, 1.54) is 70.8 Å². The molecular weight excluding hydrogens is 412 g/mol. The second-order valence-corrected chi connectivity index (χ2v) is 9.10. The van der Waals surface area contributed by atoms with E-state index in [-0.39, 0.29) is 0 Å². The van der Waals surface area contributed by atoms with Gasteiger partial charge in [0.2, 0.25) is 0 Å². The smallest absolute Gasteiger partial charge is 0.0547 e. The third-order valence-electron chi connectivity index (χ3n) is 7.29. The Bertz CT molecular complexity index is 2070. The summed E-state index contributed by atoms with van der Waals surface area (Å²) in [6, 6.07) is 41.8.